The first-order valence-electron chi connectivity index (χ1n) is 21.8. The largest absolute Gasteiger partial charge is 0.296 e. The van der Waals surface area contributed by atoms with E-state index in [0.717, 1.165) is 62.0 Å². The van der Waals surface area contributed by atoms with Gasteiger partial charge in [0.05, 0.1) is 22.0 Å². The summed E-state index contributed by atoms with van der Waals surface area (Å²) in [5.41, 5.74) is 8.12. The summed E-state index contributed by atoms with van der Waals surface area (Å²) in [7, 11) is 0. The van der Waals surface area contributed by atoms with Crippen LogP contribution in [0.3, 0.4) is 0 Å². The van der Waals surface area contributed by atoms with E-state index in [0.29, 0.717) is 22.3 Å². The molecule has 1 aromatic heterocycles. The summed E-state index contributed by atoms with van der Waals surface area (Å²) in [6, 6.07) is 42.6. The molecule has 53 heavy (non-hydrogen) atoms. The number of imidazole rings is 1. The second-order valence-electron chi connectivity index (χ2n) is 13.2. The third-order valence-electron chi connectivity index (χ3n) is 10.1. The minimum atomic E-state index is -0.433. The Balaban J connectivity index is 1.32. The SMILES string of the molecule is [2H]c1c([2H])c([2H])c2c(-c3ccc4cc(-n5c(CC)nc6ccccc65)ccc4c3)c3c([2H])c([2H])c([2H])c([2H])c3c(-c3cc(-c4ccccc4)cc(-c4ccccc4)c3)c2c1[2H]. The summed E-state index contributed by atoms with van der Waals surface area (Å²) in [6.07, 6.45) is 0.739. The molecule has 0 aliphatic rings. The molecule has 9 aromatic carbocycles. The van der Waals surface area contributed by atoms with Gasteiger partial charge in [0.15, 0.2) is 0 Å². The van der Waals surface area contributed by atoms with E-state index in [2.05, 4.69) is 29.7 Å². The van der Waals surface area contributed by atoms with Crippen LogP contribution >= 0.6 is 0 Å². The first-order chi connectivity index (χ1) is 29.5. The zero-order valence-corrected chi connectivity index (χ0v) is 28.9. The van der Waals surface area contributed by atoms with Crippen molar-refractivity contribution in [2.24, 2.45) is 0 Å². The molecule has 10 rings (SSSR count). The summed E-state index contributed by atoms with van der Waals surface area (Å²) in [4.78, 5) is 4.87. The van der Waals surface area contributed by atoms with Gasteiger partial charge in [-0.3, -0.25) is 4.57 Å². The average molecular weight is 685 g/mol. The van der Waals surface area contributed by atoms with Crippen LogP contribution in [-0.4, -0.2) is 9.55 Å². The van der Waals surface area contributed by atoms with Crippen LogP contribution in [0.1, 0.15) is 23.7 Å². The second-order valence-corrected chi connectivity index (χ2v) is 13.2. The Morgan fingerprint density at radius 2 is 0.981 bits per heavy atom. The van der Waals surface area contributed by atoms with Gasteiger partial charge in [0, 0.05) is 12.1 Å². The van der Waals surface area contributed by atoms with E-state index in [1.54, 1.807) is 0 Å². The quantitative estimate of drug-likeness (QED) is 0.159. The van der Waals surface area contributed by atoms with Crippen LogP contribution in [0, 0.1) is 0 Å². The van der Waals surface area contributed by atoms with Crippen molar-refractivity contribution in [3.8, 4) is 50.2 Å². The third-order valence-corrected chi connectivity index (χ3v) is 10.1. The maximum absolute atomic E-state index is 9.53. The Labute approximate surface area is 320 Å². The highest BCUT2D eigenvalue weighted by Crippen LogP contribution is 2.45. The summed E-state index contributed by atoms with van der Waals surface area (Å²) < 4.78 is 76.0. The summed E-state index contributed by atoms with van der Waals surface area (Å²) >= 11 is 0. The van der Waals surface area contributed by atoms with Gasteiger partial charge in [-0.1, -0.05) is 146 Å². The molecule has 0 atom stereocenters. The van der Waals surface area contributed by atoms with Gasteiger partial charge in [-0.15, -0.1) is 0 Å². The van der Waals surface area contributed by atoms with Crippen molar-refractivity contribution in [3.05, 3.63) is 194 Å². The minimum absolute atomic E-state index is 0.178. The fraction of sp³-hybridized carbons (Fsp3) is 0.0392. The lowest BCUT2D eigenvalue weighted by atomic mass is 9.84. The molecule has 0 bridgehead atoms. The van der Waals surface area contributed by atoms with Gasteiger partial charge < -0.3 is 0 Å². The van der Waals surface area contributed by atoms with E-state index in [9.17, 15) is 5.48 Å². The molecule has 0 aliphatic heterocycles. The fourth-order valence-corrected chi connectivity index (χ4v) is 7.70. The molecule has 250 valence electrons. The highest BCUT2D eigenvalue weighted by atomic mass is 15.1. The fourth-order valence-electron chi connectivity index (χ4n) is 7.70. The van der Waals surface area contributed by atoms with Crippen molar-refractivity contribution >= 4 is 43.4 Å². The van der Waals surface area contributed by atoms with Crippen LogP contribution in [-0.2, 0) is 6.42 Å². The van der Waals surface area contributed by atoms with Crippen molar-refractivity contribution in [1.82, 2.24) is 9.55 Å². The normalized spacial score (nSPS) is 13.7. The number of aromatic nitrogens is 2. The molecule has 0 amide bonds. The van der Waals surface area contributed by atoms with E-state index in [4.69, 9.17) is 10.5 Å². The zero-order valence-electron chi connectivity index (χ0n) is 36.9. The Hall–Kier alpha value is -6.77. The molecule has 0 saturated heterocycles. The summed E-state index contributed by atoms with van der Waals surface area (Å²) in [6.45, 7) is 2.08. The number of para-hydroxylation sites is 2. The van der Waals surface area contributed by atoms with Crippen LogP contribution in [0.5, 0.6) is 0 Å². The van der Waals surface area contributed by atoms with Crippen LogP contribution in [0.2, 0.25) is 0 Å². The molecule has 2 nitrogen and oxygen atoms in total. The van der Waals surface area contributed by atoms with Crippen molar-refractivity contribution in [2.75, 3.05) is 0 Å². The highest BCUT2D eigenvalue weighted by molar-refractivity contribution is 6.22. The molecule has 2 heteroatoms. The predicted molar refractivity (Wildman–Crippen MR) is 225 cm³/mol. The molecule has 0 fully saturated rings. The molecule has 0 N–H and O–H groups in total. The first-order valence-corrected chi connectivity index (χ1v) is 17.8. The van der Waals surface area contributed by atoms with Crippen LogP contribution in [0.15, 0.2) is 188 Å². The molecule has 0 spiro atoms. The van der Waals surface area contributed by atoms with E-state index in [1.165, 1.54) is 0 Å². The molecule has 1 heterocycles. The average Bonchev–Trinajstić information content (AvgIpc) is 3.69. The Bertz CT molecular complexity index is 3300. The molecule has 0 saturated carbocycles. The van der Waals surface area contributed by atoms with Gasteiger partial charge in [-0.2, -0.15) is 0 Å². The monoisotopic (exact) mass is 684 g/mol. The van der Waals surface area contributed by atoms with Crippen LogP contribution in [0.4, 0.5) is 0 Å². The Morgan fingerprint density at radius 1 is 0.472 bits per heavy atom. The minimum Gasteiger partial charge on any atom is -0.296 e. The van der Waals surface area contributed by atoms with Gasteiger partial charge in [0.25, 0.3) is 0 Å². The first kappa shape index (κ1) is 23.7. The van der Waals surface area contributed by atoms with E-state index in [-0.39, 0.29) is 45.7 Å². The number of nitrogens with zero attached hydrogens (tertiary/aromatic N) is 2. The van der Waals surface area contributed by atoms with Crippen molar-refractivity contribution in [1.29, 1.82) is 0 Å². The number of rotatable bonds is 6. The van der Waals surface area contributed by atoms with Crippen molar-refractivity contribution in [2.45, 2.75) is 13.3 Å². The van der Waals surface area contributed by atoms with Crippen LogP contribution in [0.25, 0.3) is 93.5 Å². The maximum Gasteiger partial charge on any atom is 0.114 e. The molecule has 10 aromatic rings. The Morgan fingerprint density at radius 3 is 1.58 bits per heavy atom. The van der Waals surface area contributed by atoms with Gasteiger partial charge in [-0.05, 0) is 125 Å². The van der Waals surface area contributed by atoms with Gasteiger partial charge in [0.2, 0.25) is 0 Å². The second kappa shape index (κ2) is 12.8. The number of hydrogen-bond acceptors (Lipinski definition) is 1. The molecular formula is C51H36N2. The van der Waals surface area contributed by atoms with E-state index >= 15 is 0 Å². The lowest BCUT2D eigenvalue weighted by molar-refractivity contribution is 0.909. The number of benzene rings is 9. The third kappa shape index (κ3) is 5.30. The maximum atomic E-state index is 9.53. The highest BCUT2D eigenvalue weighted by Gasteiger charge is 2.19. The van der Waals surface area contributed by atoms with Gasteiger partial charge in [0.1, 0.15) is 5.82 Å². The predicted octanol–water partition coefficient (Wildman–Crippen LogP) is 13.7. The summed E-state index contributed by atoms with van der Waals surface area (Å²) in [5, 5.41) is 2.48. The number of aryl methyl sites for hydroxylation is 1. The Kier molecular flexibility index (Phi) is 5.70. The van der Waals surface area contributed by atoms with Crippen LogP contribution < -0.4 is 0 Å². The smallest absolute Gasteiger partial charge is 0.114 e. The molecular weight excluding hydrogens is 641 g/mol. The molecule has 0 radical (unpaired) electrons. The molecule has 0 aliphatic carbocycles. The lowest BCUT2D eigenvalue weighted by Crippen LogP contribution is -2.00. The number of fused-ring (bicyclic) bond motifs is 4. The van der Waals surface area contributed by atoms with Crippen molar-refractivity contribution < 1.29 is 11.0 Å². The summed E-state index contributed by atoms with van der Waals surface area (Å²) in [5.74, 6) is 0.934. The topological polar surface area (TPSA) is 17.8 Å². The van der Waals surface area contributed by atoms with Crippen molar-refractivity contribution in [3.63, 3.8) is 0 Å². The van der Waals surface area contributed by atoms with Gasteiger partial charge >= 0.3 is 0 Å². The van der Waals surface area contributed by atoms with E-state index < -0.39 is 24.2 Å². The zero-order chi connectivity index (χ0) is 42.3. The standard InChI is InChI=1S/C51H36N2/c1-2-49-52-47-23-13-14-24-48(47)53(49)42-28-27-36-29-38(26-25-37(36)33-42)50-43-19-9-11-21-45(43)51(46-22-12-10-20-44(46)50)41-31-39(34-15-5-3-6-16-34)30-40(32-41)35-17-7-4-8-18-35/h3-33H,2H2,1H3/i9D,10D,11D,12D,19D,20D,21D,22D. The van der Waals surface area contributed by atoms with Gasteiger partial charge in [-0.25, -0.2) is 4.98 Å². The number of hydrogen-bond donors (Lipinski definition) is 0. The molecule has 0 unspecified atom stereocenters. The lowest BCUT2D eigenvalue weighted by Gasteiger charge is -2.19. The van der Waals surface area contributed by atoms with E-state index in [1.807, 2.05) is 121 Å².